The lowest BCUT2D eigenvalue weighted by molar-refractivity contribution is 0.0697. The van der Waals surface area contributed by atoms with Crippen molar-refractivity contribution in [3.05, 3.63) is 48.0 Å². The van der Waals surface area contributed by atoms with Gasteiger partial charge in [0.2, 0.25) is 0 Å². The summed E-state index contributed by atoms with van der Waals surface area (Å²) in [6.45, 7) is 1.60. The number of carbonyl (C=O) groups is 1. The molecular weight excluding hydrogens is 338 g/mol. The SMILES string of the molecule is O=C(c1ccnn1C1CCCC1)N1CCC(c2c[nH]c3ncccc23)CC1. The van der Waals surface area contributed by atoms with Crippen molar-refractivity contribution in [2.45, 2.75) is 50.5 Å². The molecule has 3 aromatic heterocycles. The van der Waals surface area contributed by atoms with Gasteiger partial charge < -0.3 is 9.88 Å². The molecule has 2 aliphatic rings. The number of carbonyl (C=O) groups excluding carboxylic acids is 1. The maximum Gasteiger partial charge on any atom is 0.272 e. The molecule has 6 heteroatoms. The Kier molecular flexibility index (Phi) is 4.19. The number of aromatic amines is 1. The Morgan fingerprint density at radius 1 is 1.07 bits per heavy atom. The molecule has 3 aromatic rings. The highest BCUT2D eigenvalue weighted by Crippen LogP contribution is 2.34. The van der Waals surface area contributed by atoms with Crippen LogP contribution in [0.2, 0.25) is 0 Å². The van der Waals surface area contributed by atoms with E-state index in [9.17, 15) is 4.79 Å². The van der Waals surface area contributed by atoms with Crippen molar-refractivity contribution in [1.82, 2.24) is 24.6 Å². The fourth-order valence-corrected chi connectivity index (χ4v) is 4.79. The third-order valence-corrected chi connectivity index (χ3v) is 6.27. The molecule has 0 spiro atoms. The van der Waals surface area contributed by atoms with Crippen molar-refractivity contribution < 1.29 is 4.79 Å². The molecular formula is C21H25N5O. The third kappa shape index (κ3) is 2.93. The van der Waals surface area contributed by atoms with Crippen molar-refractivity contribution in [3.8, 4) is 0 Å². The molecule has 27 heavy (non-hydrogen) atoms. The first kappa shape index (κ1) is 16.5. The summed E-state index contributed by atoms with van der Waals surface area (Å²) in [5, 5.41) is 5.67. The highest BCUT2D eigenvalue weighted by molar-refractivity contribution is 5.92. The van der Waals surface area contributed by atoms with Crippen LogP contribution in [0.1, 0.15) is 66.5 Å². The molecule has 4 heterocycles. The first-order valence-electron chi connectivity index (χ1n) is 10.1. The highest BCUT2D eigenvalue weighted by Gasteiger charge is 2.29. The number of fused-ring (bicyclic) bond motifs is 1. The van der Waals surface area contributed by atoms with Crippen molar-refractivity contribution in [1.29, 1.82) is 0 Å². The molecule has 1 aliphatic heterocycles. The number of rotatable bonds is 3. The lowest BCUT2D eigenvalue weighted by atomic mass is 9.89. The Hall–Kier alpha value is -2.63. The highest BCUT2D eigenvalue weighted by atomic mass is 16.2. The molecule has 1 saturated heterocycles. The molecule has 0 unspecified atom stereocenters. The fourth-order valence-electron chi connectivity index (χ4n) is 4.79. The molecule has 1 aliphatic carbocycles. The number of likely N-dealkylation sites (tertiary alicyclic amines) is 1. The standard InChI is InChI=1S/C21H25N5O/c27-21(19-7-11-24-26(19)16-4-1-2-5-16)25-12-8-15(9-13-25)18-14-23-20-17(18)6-3-10-22-20/h3,6-7,10-11,14-16H,1-2,4-5,8-9,12-13H2,(H,22,23). The second-order valence-corrected chi connectivity index (χ2v) is 7.81. The predicted octanol–water partition coefficient (Wildman–Crippen LogP) is 3.89. The van der Waals surface area contributed by atoms with E-state index in [0.29, 0.717) is 12.0 Å². The molecule has 1 amide bonds. The van der Waals surface area contributed by atoms with Gasteiger partial charge in [0.1, 0.15) is 11.3 Å². The van der Waals surface area contributed by atoms with Gasteiger partial charge in [-0.3, -0.25) is 9.48 Å². The van der Waals surface area contributed by atoms with Crippen LogP contribution in [0.5, 0.6) is 0 Å². The zero-order valence-corrected chi connectivity index (χ0v) is 15.5. The van der Waals surface area contributed by atoms with Gasteiger partial charge in [0.15, 0.2) is 0 Å². The summed E-state index contributed by atoms with van der Waals surface area (Å²) in [4.78, 5) is 22.8. The molecule has 1 N–H and O–H groups in total. The number of aromatic nitrogens is 4. The van der Waals surface area contributed by atoms with Crippen LogP contribution in [0.15, 0.2) is 36.8 Å². The second-order valence-electron chi connectivity index (χ2n) is 7.81. The molecule has 0 radical (unpaired) electrons. The van der Waals surface area contributed by atoms with E-state index in [-0.39, 0.29) is 5.91 Å². The summed E-state index contributed by atoms with van der Waals surface area (Å²) >= 11 is 0. The van der Waals surface area contributed by atoms with E-state index in [1.807, 2.05) is 27.9 Å². The van der Waals surface area contributed by atoms with E-state index in [1.165, 1.54) is 23.8 Å². The van der Waals surface area contributed by atoms with Crippen LogP contribution in [-0.2, 0) is 0 Å². The molecule has 1 saturated carbocycles. The molecule has 0 bridgehead atoms. The minimum Gasteiger partial charge on any atom is -0.346 e. The monoisotopic (exact) mass is 363 g/mol. The van der Waals surface area contributed by atoms with Crippen molar-refractivity contribution in [2.75, 3.05) is 13.1 Å². The topological polar surface area (TPSA) is 66.8 Å². The Bertz CT molecular complexity index is 944. The summed E-state index contributed by atoms with van der Waals surface area (Å²) in [6, 6.07) is 6.40. The smallest absolute Gasteiger partial charge is 0.272 e. The maximum absolute atomic E-state index is 13.1. The van der Waals surface area contributed by atoms with E-state index in [1.54, 1.807) is 6.20 Å². The number of piperidine rings is 1. The number of hydrogen-bond acceptors (Lipinski definition) is 3. The quantitative estimate of drug-likeness (QED) is 0.767. The van der Waals surface area contributed by atoms with Crippen LogP contribution in [0.4, 0.5) is 0 Å². The zero-order chi connectivity index (χ0) is 18.2. The summed E-state index contributed by atoms with van der Waals surface area (Å²) in [6.07, 6.45) is 12.4. The van der Waals surface area contributed by atoms with E-state index in [0.717, 1.165) is 50.1 Å². The van der Waals surface area contributed by atoms with Gasteiger partial charge >= 0.3 is 0 Å². The van der Waals surface area contributed by atoms with Gasteiger partial charge in [-0.2, -0.15) is 5.10 Å². The average Bonchev–Trinajstić information content (AvgIpc) is 3.47. The summed E-state index contributed by atoms with van der Waals surface area (Å²) < 4.78 is 1.98. The number of H-pyrrole nitrogens is 1. The molecule has 0 aromatic carbocycles. The Morgan fingerprint density at radius 2 is 1.89 bits per heavy atom. The number of nitrogens with zero attached hydrogens (tertiary/aromatic N) is 4. The van der Waals surface area contributed by atoms with Crippen LogP contribution in [0.25, 0.3) is 11.0 Å². The lowest BCUT2D eigenvalue weighted by Gasteiger charge is -2.32. The summed E-state index contributed by atoms with van der Waals surface area (Å²) in [5.41, 5.74) is 3.05. The predicted molar refractivity (Wildman–Crippen MR) is 104 cm³/mol. The Morgan fingerprint density at radius 3 is 2.70 bits per heavy atom. The third-order valence-electron chi connectivity index (χ3n) is 6.27. The van der Waals surface area contributed by atoms with Crippen LogP contribution in [0.3, 0.4) is 0 Å². The first-order valence-corrected chi connectivity index (χ1v) is 10.1. The normalized spacial score (nSPS) is 19.2. The minimum absolute atomic E-state index is 0.137. The van der Waals surface area contributed by atoms with Gasteiger partial charge in [0.25, 0.3) is 5.91 Å². The fraction of sp³-hybridized carbons (Fsp3) is 0.476. The second kappa shape index (κ2) is 6.83. The largest absolute Gasteiger partial charge is 0.346 e. The number of nitrogens with one attached hydrogen (secondary N) is 1. The van der Waals surface area contributed by atoms with Crippen LogP contribution in [0, 0.1) is 0 Å². The Balaban J connectivity index is 1.29. The van der Waals surface area contributed by atoms with E-state index in [2.05, 4.69) is 27.3 Å². The zero-order valence-electron chi connectivity index (χ0n) is 15.5. The van der Waals surface area contributed by atoms with Gasteiger partial charge in [-0.25, -0.2) is 4.98 Å². The van der Waals surface area contributed by atoms with Gasteiger partial charge in [0, 0.05) is 37.1 Å². The average molecular weight is 363 g/mol. The van der Waals surface area contributed by atoms with Gasteiger partial charge in [-0.1, -0.05) is 12.8 Å². The number of pyridine rings is 1. The molecule has 5 rings (SSSR count). The summed E-state index contributed by atoms with van der Waals surface area (Å²) in [5.74, 6) is 0.616. The number of amides is 1. The van der Waals surface area contributed by atoms with E-state index in [4.69, 9.17) is 0 Å². The number of hydrogen-bond donors (Lipinski definition) is 1. The first-order chi connectivity index (χ1) is 13.3. The van der Waals surface area contributed by atoms with Gasteiger partial charge in [0.05, 0.1) is 6.04 Å². The molecule has 140 valence electrons. The molecule has 6 nitrogen and oxygen atoms in total. The van der Waals surface area contributed by atoms with E-state index >= 15 is 0 Å². The van der Waals surface area contributed by atoms with E-state index < -0.39 is 0 Å². The van der Waals surface area contributed by atoms with Gasteiger partial charge in [-0.05, 0) is 55.4 Å². The minimum atomic E-state index is 0.137. The van der Waals surface area contributed by atoms with Crippen molar-refractivity contribution in [3.63, 3.8) is 0 Å². The van der Waals surface area contributed by atoms with Crippen molar-refractivity contribution >= 4 is 16.9 Å². The molecule has 0 atom stereocenters. The Labute approximate surface area is 158 Å². The van der Waals surface area contributed by atoms with Crippen LogP contribution in [-0.4, -0.2) is 43.6 Å². The summed E-state index contributed by atoms with van der Waals surface area (Å²) in [7, 11) is 0. The van der Waals surface area contributed by atoms with Crippen LogP contribution >= 0.6 is 0 Å². The van der Waals surface area contributed by atoms with Crippen LogP contribution < -0.4 is 0 Å². The lowest BCUT2D eigenvalue weighted by Crippen LogP contribution is -2.39. The van der Waals surface area contributed by atoms with Crippen molar-refractivity contribution in [2.24, 2.45) is 0 Å². The maximum atomic E-state index is 13.1. The molecule has 2 fully saturated rings. The van der Waals surface area contributed by atoms with Gasteiger partial charge in [-0.15, -0.1) is 0 Å².